The Bertz CT molecular complexity index is 922. The fraction of sp³-hybridized carbons (Fsp3) is 0.600. The van der Waals surface area contributed by atoms with E-state index >= 15 is 0 Å². The van der Waals surface area contributed by atoms with Gasteiger partial charge in [0, 0.05) is 37.3 Å². The number of hydrogen-bond donors (Lipinski definition) is 0. The van der Waals surface area contributed by atoms with Gasteiger partial charge in [-0.2, -0.15) is 0 Å². The van der Waals surface area contributed by atoms with Crippen molar-refractivity contribution < 1.29 is 9.53 Å². The predicted molar refractivity (Wildman–Crippen MR) is 132 cm³/mol. The number of ether oxygens (including phenoxy) is 1. The molecule has 9 heteroatoms. The molecule has 0 fully saturated rings. The molecule has 0 N–H and O–H groups in total. The number of aromatic nitrogens is 1. The fourth-order valence-electron chi connectivity index (χ4n) is 2.83. The van der Waals surface area contributed by atoms with Crippen LogP contribution >= 0.6 is 50.1 Å². The Balaban J connectivity index is 2.01. The van der Waals surface area contributed by atoms with Gasteiger partial charge in [0.25, 0.3) is 5.56 Å². The molecule has 6 nitrogen and oxygen atoms in total. The minimum Gasteiger partial charge on any atom is -0.444 e. The summed E-state index contributed by atoms with van der Waals surface area (Å²) in [7, 11) is 1.79. The summed E-state index contributed by atoms with van der Waals surface area (Å²) in [6, 6.07) is 2.07. The van der Waals surface area contributed by atoms with Gasteiger partial charge in [-0.25, -0.2) is 4.79 Å². The molecule has 1 unspecified atom stereocenters. The summed E-state index contributed by atoms with van der Waals surface area (Å²) in [5.41, 5.74) is -0.478. The van der Waals surface area contributed by atoms with Crippen LogP contribution in [-0.2, 0) is 11.3 Å². The zero-order valence-electron chi connectivity index (χ0n) is 17.8. The first kappa shape index (κ1) is 24.6. The molecule has 0 aliphatic rings. The number of rotatable bonds is 7. The number of amides is 1. The zero-order chi connectivity index (χ0) is 21.9. The first-order chi connectivity index (χ1) is 13.4. The van der Waals surface area contributed by atoms with Gasteiger partial charge in [0.1, 0.15) is 5.60 Å². The highest BCUT2D eigenvalue weighted by Crippen LogP contribution is 2.31. The van der Waals surface area contributed by atoms with Crippen LogP contribution in [0.4, 0.5) is 4.79 Å². The van der Waals surface area contributed by atoms with E-state index in [2.05, 4.69) is 27.8 Å². The second kappa shape index (κ2) is 10.1. The number of thiophene rings is 1. The lowest BCUT2D eigenvalue weighted by molar-refractivity contribution is 0.0221. The molecule has 2 aromatic heterocycles. The summed E-state index contributed by atoms with van der Waals surface area (Å²) in [5, 5.41) is 0.753. The third-order valence-corrected chi connectivity index (χ3v) is 7.42. The lowest BCUT2D eigenvalue weighted by Crippen LogP contribution is -2.41. The van der Waals surface area contributed by atoms with Crippen molar-refractivity contribution >= 4 is 66.3 Å². The monoisotopic (exact) mass is 597 g/mol. The Labute approximate surface area is 198 Å². The first-order valence-corrected chi connectivity index (χ1v) is 12.2. The van der Waals surface area contributed by atoms with Crippen LogP contribution in [0.5, 0.6) is 0 Å². The molecule has 0 aliphatic carbocycles. The maximum atomic E-state index is 12.4. The van der Waals surface area contributed by atoms with Gasteiger partial charge in [-0.1, -0.05) is 6.92 Å². The van der Waals surface area contributed by atoms with E-state index in [1.165, 1.54) is 0 Å². The Morgan fingerprint density at radius 2 is 2.07 bits per heavy atom. The van der Waals surface area contributed by atoms with Gasteiger partial charge in [0.2, 0.25) is 0 Å². The second-order valence-corrected chi connectivity index (χ2v) is 11.2. The topological polar surface area (TPSA) is 54.8 Å². The average Bonchev–Trinajstić information content (AvgIpc) is 3.05. The van der Waals surface area contributed by atoms with Crippen LogP contribution < -0.4 is 5.56 Å². The Hall–Kier alpha value is -0.650. The molecular formula is C20H29BrIN3O3S. The number of halogens is 2. The molecule has 2 aromatic rings. The molecule has 0 bridgehead atoms. The first-order valence-electron chi connectivity index (χ1n) is 9.60. The molecular weight excluding hydrogens is 569 g/mol. The molecule has 0 aromatic carbocycles. The smallest absolute Gasteiger partial charge is 0.410 e. The number of pyridine rings is 1. The molecule has 162 valence electrons. The standard InChI is InChI=1S/C20H29BrIN3O3S/c1-7-24(9-8-13(2)23(6)19(27)28-20(3,4)5)11-14-10-15-17(29-14)16(21)12-25(22)18(15)26/h10,12-13H,7-9,11H2,1-6H3. The van der Waals surface area contributed by atoms with Crippen molar-refractivity contribution in [2.24, 2.45) is 0 Å². The number of carbonyl (C=O) groups is 1. The van der Waals surface area contributed by atoms with Crippen molar-refractivity contribution in [3.8, 4) is 0 Å². The normalized spacial score (nSPS) is 13.1. The van der Waals surface area contributed by atoms with Crippen LogP contribution in [-0.4, -0.2) is 50.5 Å². The van der Waals surface area contributed by atoms with Gasteiger partial charge in [0.15, 0.2) is 0 Å². The summed E-state index contributed by atoms with van der Waals surface area (Å²) >= 11 is 7.22. The highest BCUT2D eigenvalue weighted by Gasteiger charge is 2.23. The van der Waals surface area contributed by atoms with Gasteiger partial charge in [0.05, 0.1) is 37.4 Å². The SMILES string of the molecule is CCN(CCC(C)N(C)C(=O)OC(C)(C)C)Cc1cc2c(=O)n(I)cc(Br)c2s1. The number of nitrogens with zero attached hydrogens (tertiary/aromatic N) is 3. The van der Waals surface area contributed by atoms with E-state index in [0.717, 1.165) is 45.5 Å². The third-order valence-electron chi connectivity index (χ3n) is 4.68. The van der Waals surface area contributed by atoms with E-state index in [1.54, 1.807) is 32.3 Å². The Kier molecular flexibility index (Phi) is 8.58. The van der Waals surface area contributed by atoms with Gasteiger partial charge >= 0.3 is 6.09 Å². The largest absolute Gasteiger partial charge is 0.444 e. The molecule has 0 aliphatic heterocycles. The van der Waals surface area contributed by atoms with E-state index in [1.807, 2.05) is 56.6 Å². The fourth-order valence-corrected chi connectivity index (χ4v) is 5.51. The van der Waals surface area contributed by atoms with Crippen molar-refractivity contribution in [2.45, 2.75) is 59.2 Å². The summed E-state index contributed by atoms with van der Waals surface area (Å²) in [5.74, 6) is 0. The summed E-state index contributed by atoms with van der Waals surface area (Å²) < 4.78 is 8.96. The van der Waals surface area contributed by atoms with Crippen LogP contribution in [0.1, 0.15) is 45.9 Å². The van der Waals surface area contributed by atoms with Crippen molar-refractivity contribution in [1.82, 2.24) is 12.6 Å². The van der Waals surface area contributed by atoms with Crippen LogP contribution in [0.15, 0.2) is 21.5 Å². The summed E-state index contributed by atoms with van der Waals surface area (Å²) in [6.07, 6.45) is 2.35. The van der Waals surface area contributed by atoms with Crippen molar-refractivity contribution in [2.75, 3.05) is 20.1 Å². The van der Waals surface area contributed by atoms with Gasteiger partial charge in [-0.05, 0) is 62.7 Å². The van der Waals surface area contributed by atoms with E-state index in [4.69, 9.17) is 4.74 Å². The van der Waals surface area contributed by atoms with Crippen molar-refractivity contribution in [3.63, 3.8) is 0 Å². The highest BCUT2D eigenvalue weighted by atomic mass is 127. The van der Waals surface area contributed by atoms with Gasteiger partial charge in [-0.3, -0.25) is 12.5 Å². The van der Waals surface area contributed by atoms with E-state index < -0.39 is 5.60 Å². The summed E-state index contributed by atoms with van der Waals surface area (Å²) in [4.78, 5) is 29.8. The quantitative estimate of drug-likeness (QED) is 0.396. The highest BCUT2D eigenvalue weighted by molar-refractivity contribution is 14.1. The van der Waals surface area contributed by atoms with Crippen LogP contribution in [0, 0.1) is 0 Å². The minimum atomic E-state index is -0.494. The maximum absolute atomic E-state index is 12.4. The van der Waals surface area contributed by atoms with Crippen LogP contribution in [0.2, 0.25) is 0 Å². The number of hydrogen-bond acceptors (Lipinski definition) is 5. The van der Waals surface area contributed by atoms with E-state index in [-0.39, 0.29) is 17.7 Å². The molecule has 0 spiro atoms. The Morgan fingerprint density at radius 3 is 2.66 bits per heavy atom. The van der Waals surface area contributed by atoms with Gasteiger partial charge in [-0.15, -0.1) is 11.3 Å². The molecule has 0 radical (unpaired) electrons. The molecule has 29 heavy (non-hydrogen) atoms. The van der Waals surface area contributed by atoms with Crippen LogP contribution in [0.3, 0.4) is 0 Å². The van der Waals surface area contributed by atoms with E-state index in [0.29, 0.717) is 0 Å². The lowest BCUT2D eigenvalue weighted by Gasteiger charge is -2.30. The summed E-state index contributed by atoms with van der Waals surface area (Å²) in [6.45, 7) is 12.3. The molecule has 2 heterocycles. The zero-order valence-corrected chi connectivity index (χ0v) is 22.4. The molecule has 2 rings (SSSR count). The number of fused-ring (bicyclic) bond motifs is 1. The van der Waals surface area contributed by atoms with Crippen molar-refractivity contribution in [1.29, 1.82) is 0 Å². The minimum absolute atomic E-state index is 0.0157. The third kappa shape index (κ3) is 6.67. The second-order valence-electron chi connectivity index (χ2n) is 8.15. The van der Waals surface area contributed by atoms with Crippen LogP contribution in [0.25, 0.3) is 10.1 Å². The van der Waals surface area contributed by atoms with Crippen molar-refractivity contribution in [3.05, 3.63) is 32.0 Å². The average molecular weight is 598 g/mol. The molecule has 0 saturated heterocycles. The molecule has 1 amide bonds. The van der Waals surface area contributed by atoms with Gasteiger partial charge < -0.3 is 9.64 Å². The predicted octanol–water partition coefficient (Wildman–Crippen LogP) is 5.49. The molecule has 0 saturated carbocycles. The molecule has 1 atom stereocenters. The lowest BCUT2D eigenvalue weighted by atomic mass is 10.2. The maximum Gasteiger partial charge on any atom is 0.410 e. The van der Waals surface area contributed by atoms with E-state index in [9.17, 15) is 9.59 Å². The number of carbonyl (C=O) groups excluding carboxylic acids is 1. The Morgan fingerprint density at radius 1 is 1.41 bits per heavy atom.